The fourth-order valence-corrected chi connectivity index (χ4v) is 2.43. The normalized spacial score (nSPS) is 13.5. The molecule has 3 amide bonds. The lowest BCUT2D eigenvalue weighted by Gasteiger charge is -2.14. The molecule has 0 aliphatic carbocycles. The van der Waals surface area contributed by atoms with E-state index in [4.69, 9.17) is 4.74 Å². The fourth-order valence-electron chi connectivity index (χ4n) is 2.43. The Bertz CT molecular complexity index is 764. The smallest absolute Gasteiger partial charge is 0.324 e. The minimum absolute atomic E-state index is 0.0227. The first-order chi connectivity index (χ1) is 12.1. The molecule has 1 saturated heterocycles. The second-order valence-corrected chi connectivity index (χ2v) is 5.57. The van der Waals surface area contributed by atoms with E-state index < -0.39 is 0 Å². The maximum Gasteiger partial charge on any atom is 0.324 e. The summed E-state index contributed by atoms with van der Waals surface area (Å²) in [7, 11) is 0. The lowest BCUT2D eigenvalue weighted by molar-refractivity contribution is -0.125. The Hall–Kier alpha value is -3.09. The average molecular weight is 343 g/mol. The Kier molecular flexibility index (Phi) is 5.13. The van der Waals surface area contributed by atoms with Crippen molar-refractivity contribution < 1.29 is 18.7 Å². The number of urea groups is 1. The van der Waals surface area contributed by atoms with Gasteiger partial charge in [0.05, 0.1) is 6.54 Å². The van der Waals surface area contributed by atoms with Crippen LogP contribution in [-0.2, 0) is 11.4 Å². The molecule has 2 aromatic carbocycles. The van der Waals surface area contributed by atoms with Gasteiger partial charge in [-0.1, -0.05) is 18.2 Å². The topological polar surface area (TPSA) is 70.7 Å². The van der Waals surface area contributed by atoms with Crippen molar-refractivity contribution in [1.29, 1.82) is 0 Å². The molecule has 25 heavy (non-hydrogen) atoms. The summed E-state index contributed by atoms with van der Waals surface area (Å²) < 4.78 is 18.6. The third-order valence-corrected chi connectivity index (χ3v) is 3.75. The van der Waals surface area contributed by atoms with Gasteiger partial charge in [-0.3, -0.25) is 9.69 Å². The number of ether oxygens (including phenoxy) is 1. The molecule has 130 valence electrons. The second kappa shape index (κ2) is 7.65. The number of anilines is 1. The maximum atomic E-state index is 12.9. The monoisotopic (exact) mass is 343 g/mol. The third kappa shape index (κ3) is 4.47. The van der Waals surface area contributed by atoms with Crippen molar-refractivity contribution in [3.63, 3.8) is 0 Å². The molecule has 1 heterocycles. The van der Waals surface area contributed by atoms with Crippen LogP contribution >= 0.6 is 0 Å². The van der Waals surface area contributed by atoms with Gasteiger partial charge < -0.3 is 15.4 Å². The lowest BCUT2D eigenvalue weighted by Crippen LogP contribution is -2.37. The Morgan fingerprint density at radius 1 is 1.24 bits per heavy atom. The highest BCUT2D eigenvalue weighted by atomic mass is 19.1. The summed E-state index contributed by atoms with van der Waals surface area (Å²) >= 11 is 0. The van der Waals surface area contributed by atoms with E-state index in [0.29, 0.717) is 31.1 Å². The summed E-state index contributed by atoms with van der Waals surface area (Å²) in [5.74, 6) is 0.0552. The van der Waals surface area contributed by atoms with Gasteiger partial charge in [0.25, 0.3) is 0 Å². The molecule has 0 radical (unpaired) electrons. The zero-order valence-electron chi connectivity index (χ0n) is 13.5. The minimum Gasteiger partial charge on any atom is -0.489 e. The van der Waals surface area contributed by atoms with Crippen molar-refractivity contribution in [2.24, 2.45) is 0 Å². The number of rotatable bonds is 6. The number of hydrogen-bond donors (Lipinski definition) is 2. The van der Waals surface area contributed by atoms with Crippen molar-refractivity contribution in [2.75, 3.05) is 25.0 Å². The Balaban J connectivity index is 1.53. The van der Waals surface area contributed by atoms with Crippen molar-refractivity contribution in [3.05, 3.63) is 59.9 Å². The van der Waals surface area contributed by atoms with Crippen LogP contribution in [0.2, 0.25) is 0 Å². The molecule has 0 bridgehead atoms. The van der Waals surface area contributed by atoms with Crippen LogP contribution in [0.15, 0.2) is 48.5 Å². The second-order valence-electron chi connectivity index (χ2n) is 5.57. The largest absolute Gasteiger partial charge is 0.489 e. The van der Waals surface area contributed by atoms with Gasteiger partial charge in [0, 0.05) is 24.8 Å². The van der Waals surface area contributed by atoms with Crippen LogP contribution in [0.1, 0.15) is 5.56 Å². The molecule has 6 nitrogen and oxygen atoms in total. The number of carbonyl (C=O) groups excluding carboxylic acids is 2. The van der Waals surface area contributed by atoms with Crippen LogP contribution < -0.4 is 15.4 Å². The SMILES string of the molecule is O=C(CNc1cccc(OCc2ccc(F)cc2)c1)N1CCNC1=O. The zero-order chi connectivity index (χ0) is 17.6. The first-order valence-corrected chi connectivity index (χ1v) is 7.91. The van der Waals surface area contributed by atoms with Gasteiger partial charge in [0.15, 0.2) is 0 Å². The van der Waals surface area contributed by atoms with E-state index in [1.807, 2.05) is 6.07 Å². The average Bonchev–Trinajstić information content (AvgIpc) is 3.06. The molecular formula is C18H18FN3O3. The Morgan fingerprint density at radius 3 is 2.76 bits per heavy atom. The standard InChI is InChI=1S/C18H18FN3O3/c19-14-6-4-13(5-7-14)12-25-16-3-1-2-15(10-16)21-11-17(23)22-9-8-20-18(22)24/h1-7,10,21H,8-9,11-12H2,(H,20,24). The van der Waals surface area contributed by atoms with Crippen LogP contribution in [0, 0.1) is 5.82 Å². The van der Waals surface area contributed by atoms with E-state index in [0.717, 1.165) is 5.56 Å². The molecule has 0 spiro atoms. The van der Waals surface area contributed by atoms with Crippen LogP contribution in [0.3, 0.4) is 0 Å². The molecular weight excluding hydrogens is 325 g/mol. The predicted molar refractivity (Wildman–Crippen MR) is 90.8 cm³/mol. The fraction of sp³-hybridized carbons (Fsp3) is 0.222. The Morgan fingerprint density at radius 2 is 2.04 bits per heavy atom. The van der Waals surface area contributed by atoms with Crippen molar-refractivity contribution in [2.45, 2.75) is 6.61 Å². The van der Waals surface area contributed by atoms with E-state index in [9.17, 15) is 14.0 Å². The van der Waals surface area contributed by atoms with E-state index in [1.54, 1.807) is 30.3 Å². The van der Waals surface area contributed by atoms with Crippen LogP contribution in [-0.4, -0.2) is 36.5 Å². The molecule has 2 aromatic rings. The van der Waals surface area contributed by atoms with Crippen molar-refractivity contribution in [3.8, 4) is 5.75 Å². The number of imide groups is 1. The summed E-state index contributed by atoms with van der Waals surface area (Å²) in [6, 6.07) is 12.9. The molecule has 1 aliphatic heterocycles. The molecule has 0 aromatic heterocycles. The quantitative estimate of drug-likeness (QED) is 0.845. The molecule has 0 unspecified atom stereocenters. The maximum absolute atomic E-state index is 12.9. The highest BCUT2D eigenvalue weighted by molar-refractivity contribution is 5.97. The van der Waals surface area contributed by atoms with E-state index in [1.165, 1.54) is 17.0 Å². The van der Waals surface area contributed by atoms with E-state index in [-0.39, 0.29) is 24.3 Å². The lowest BCUT2D eigenvalue weighted by atomic mass is 10.2. The molecule has 0 saturated carbocycles. The predicted octanol–water partition coefficient (Wildman–Crippen LogP) is 2.37. The number of amides is 3. The van der Waals surface area contributed by atoms with Gasteiger partial charge in [-0.25, -0.2) is 9.18 Å². The minimum atomic E-state index is -0.358. The van der Waals surface area contributed by atoms with Crippen molar-refractivity contribution >= 4 is 17.6 Å². The summed E-state index contributed by atoms with van der Waals surface area (Å²) in [5, 5.41) is 5.58. The molecule has 1 aliphatic rings. The van der Waals surface area contributed by atoms with Gasteiger partial charge >= 0.3 is 6.03 Å². The highest BCUT2D eigenvalue weighted by Crippen LogP contribution is 2.18. The number of benzene rings is 2. The summed E-state index contributed by atoms with van der Waals surface area (Å²) in [6.45, 7) is 1.21. The van der Waals surface area contributed by atoms with E-state index >= 15 is 0 Å². The summed E-state index contributed by atoms with van der Waals surface area (Å²) in [5.41, 5.74) is 1.57. The van der Waals surface area contributed by atoms with Crippen LogP contribution in [0.5, 0.6) is 5.75 Å². The van der Waals surface area contributed by atoms with Crippen molar-refractivity contribution in [1.82, 2.24) is 10.2 Å². The third-order valence-electron chi connectivity index (χ3n) is 3.75. The van der Waals surface area contributed by atoms with Crippen LogP contribution in [0.25, 0.3) is 0 Å². The highest BCUT2D eigenvalue weighted by Gasteiger charge is 2.25. The Labute approximate surface area is 144 Å². The molecule has 3 rings (SSSR count). The van der Waals surface area contributed by atoms with Crippen LogP contribution in [0.4, 0.5) is 14.9 Å². The number of hydrogen-bond acceptors (Lipinski definition) is 4. The van der Waals surface area contributed by atoms with E-state index in [2.05, 4.69) is 10.6 Å². The number of halogens is 1. The number of nitrogens with one attached hydrogen (secondary N) is 2. The number of carbonyl (C=O) groups is 2. The first kappa shape index (κ1) is 16.8. The summed E-state index contributed by atoms with van der Waals surface area (Å²) in [6.07, 6.45) is 0. The van der Waals surface area contributed by atoms with Gasteiger partial charge in [-0.05, 0) is 29.8 Å². The molecule has 7 heteroatoms. The molecule has 1 fully saturated rings. The zero-order valence-corrected chi connectivity index (χ0v) is 13.5. The van der Waals surface area contributed by atoms with Gasteiger partial charge in [0.2, 0.25) is 5.91 Å². The first-order valence-electron chi connectivity index (χ1n) is 7.91. The van der Waals surface area contributed by atoms with Gasteiger partial charge in [0.1, 0.15) is 18.2 Å². The van der Waals surface area contributed by atoms with Gasteiger partial charge in [-0.2, -0.15) is 0 Å². The summed E-state index contributed by atoms with van der Waals surface area (Å²) in [4.78, 5) is 24.6. The molecule has 0 atom stereocenters. The van der Waals surface area contributed by atoms with Gasteiger partial charge in [-0.15, -0.1) is 0 Å². The molecule has 2 N–H and O–H groups in total. The number of nitrogens with zero attached hydrogens (tertiary/aromatic N) is 1.